The lowest BCUT2D eigenvalue weighted by Gasteiger charge is -2.18. The van der Waals surface area contributed by atoms with Gasteiger partial charge in [0.1, 0.15) is 0 Å². The zero-order valence-electron chi connectivity index (χ0n) is 7.39. The average Bonchev–Trinajstić information content (AvgIpc) is 1.86. The van der Waals surface area contributed by atoms with Gasteiger partial charge < -0.3 is 5.73 Å². The summed E-state index contributed by atoms with van der Waals surface area (Å²) >= 11 is 0. The monoisotopic (exact) mass is 149 g/mol. The molecule has 11 heavy (non-hydrogen) atoms. The summed E-state index contributed by atoms with van der Waals surface area (Å²) in [5.41, 5.74) is 8.15. The van der Waals surface area contributed by atoms with Crippen molar-refractivity contribution in [3.8, 4) is 0 Å². The number of nitrogens with two attached hydrogens (primary N) is 1. The Morgan fingerprint density at radius 3 is 1.91 bits per heavy atom. The highest BCUT2D eigenvalue weighted by molar-refractivity contribution is 5.26. The SMILES string of the molecule is Cc1ccc(C(C)(C)N)cc1. The summed E-state index contributed by atoms with van der Waals surface area (Å²) < 4.78 is 0. The molecule has 1 aromatic rings. The van der Waals surface area contributed by atoms with Crippen molar-refractivity contribution in [3.63, 3.8) is 0 Å². The molecule has 0 bridgehead atoms. The van der Waals surface area contributed by atoms with Gasteiger partial charge in [0.2, 0.25) is 0 Å². The van der Waals surface area contributed by atoms with Crippen LogP contribution in [0.4, 0.5) is 0 Å². The standard InChI is InChI=1S/C10H15N/c1-8-4-6-9(7-5-8)10(2,3)11/h4-7H,11H2,1-3H3. The van der Waals surface area contributed by atoms with Gasteiger partial charge in [0, 0.05) is 5.54 Å². The Hall–Kier alpha value is -0.820. The molecule has 0 aliphatic rings. The average molecular weight is 149 g/mol. The van der Waals surface area contributed by atoms with Gasteiger partial charge in [0.15, 0.2) is 0 Å². The van der Waals surface area contributed by atoms with Crippen LogP contribution in [-0.4, -0.2) is 0 Å². The minimum absolute atomic E-state index is 0.215. The minimum atomic E-state index is -0.215. The van der Waals surface area contributed by atoms with Crippen molar-refractivity contribution in [1.82, 2.24) is 0 Å². The van der Waals surface area contributed by atoms with Crippen LogP contribution in [0.25, 0.3) is 0 Å². The fourth-order valence-corrected chi connectivity index (χ4v) is 0.983. The maximum absolute atomic E-state index is 5.91. The lowest BCUT2D eigenvalue weighted by atomic mass is 9.95. The van der Waals surface area contributed by atoms with E-state index in [0.29, 0.717) is 0 Å². The first kappa shape index (κ1) is 8.28. The third kappa shape index (κ3) is 2.05. The molecule has 0 fully saturated rings. The van der Waals surface area contributed by atoms with Crippen molar-refractivity contribution in [3.05, 3.63) is 35.4 Å². The van der Waals surface area contributed by atoms with Gasteiger partial charge >= 0.3 is 0 Å². The lowest BCUT2D eigenvalue weighted by Crippen LogP contribution is -2.28. The van der Waals surface area contributed by atoms with Crippen molar-refractivity contribution in [2.75, 3.05) is 0 Å². The van der Waals surface area contributed by atoms with E-state index in [1.807, 2.05) is 13.8 Å². The van der Waals surface area contributed by atoms with Crippen LogP contribution in [0.2, 0.25) is 0 Å². The quantitative estimate of drug-likeness (QED) is 0.650. The van der Waals surface area contributed by atoms with Gasteiger partial charge in [-0.05, 0) is 26.3 Å². The van der Waals surface area contributed by atoms with E-state index in [1.54, 1.807) is 0 Å². The summed E-state index contributed by atoms with van der Waals surface area (Å²) in [6.45, 7) is 6.10. The molecular weight excluding hydrogens is 134 g/mol. The zero-order chi connectivity index (χ0) is 8.48. The molecular formula is C10H15N. The molecule has 0 aromatic heterocycles. The highest BCUT2D eigenvalue weighted by atomic mass is 14.7. The molecule has 1 rings (SSSR count). The van der Waals surface area contributed by atoms with E-state index in [4.69, 9.17) is 5.73 Å². The van der Waals surface area contributed by atoms with Crippen molar-refractivity contribution < 1.29 is 0 Å². The Balaban J connectivity index is 2.99. The summed E-state index contributed by atoms with van der Waals surface area (Å²) in [5, 5.41) is 0. The summed E-state index contributed by atoms with van der Waals surface area (Å²) in [4.78, 5) is 0. The minimum Gasteiger partial charge on any atom is -0.322 e. The predicted molar refractivity (Wildman–Crippen MR) is 48.4 cm³/mol. The Morgan fingerprint density at radius 1 is 1.09 bits per heavy atom. The normalized spacial score (nSPS) is 11.6. The highest BCUT2D eigenvalue weighted by Gasteiger charge is 2.12. The molecule has 60 valence electrons. The number of hydrogen-bond acceptors (Lipinski definition) is 1. The summed E-state index contributed by atoms with van der Waals surface area (Å²) in [5.74, 6) is 0. The first-order chi connectivity index (χ1) is 5.00. The molecule has 0 aliphatic heterocycles. The Morgan fingerprint density at radius 2 is 1.55 bits per heavy atom. The second-order valence-corrected chi connectivity index (χ2v) is 3.59. The molecule has 0 atom stereocenters. The van der Waals surface area contributed by atoms with Gasteiger partial charge in [-0.25, -0.2) is 0 Å². The largest absolute Gasteiger partial charge is 0.322 e. The third-order valence-corrected chi connectivity index (χ3v) is 1.80. The Labute approximate surface area is 68.2 Å². The van der Waals surface area contributed by atoms with Gasteiger partial charge in [0.25, 0.3) is 0 Å². The number of aryl methyl sites for hydroxylation is 1. The summed E-state index contributed by atoms with van der Waals surface area (Å²) in [6.07, 6.45) is 0. The predicted octanol–water partition coefficient (Wildman–Crippen LogP) is 2.19. The van der Waals surface area contributed by atoms with Gasteiger partial charge in [0.05, 0.1) is 0 Å². The van der Waals surface area contributed by atoms with E-state index in [-0.39, 0.29) is 5.54 Å². The van der Waals surface area contributed by atoms with Gasteiger partial charge in [-0.3, -0.25) is 0 Å². The van der Waals surface area contributed by atoms with Gasteiger partial charge in [-0.15, -0.1) is 0 Å². The number of rotatable bonds is 1. The van der Waals surface area contributed by atoms with E-state index in [2.05, 4.69) is 31.2 Å². The molecule has 0 saturated heterocycles. The fraction of sp³-hybridized carbons (Fsp3) is 0.400. The van der Waals surface area contributed by atoms with E-state index in [1.165, 1.54) is 11.1 Å². The van der Waals surface area contributed by atoms with E-state index in [0.717, 1.165) is 0 Å². The van der Waals surface area contributed by atoms with Crippen LogP contribution in [0.1, 0.15) is 25.0 Å². The van der Waals surface area contributed by atoms with E-state index >= 15 is 0 Å². The van der Waals surface area contributed by atoms with Crippen molar-refractivity contribution >= 4 is 0 Å². The molecule has 0 unspecified atom stereocenters. The molecule has 0 amide bonds. The molecule has 1 aromatic carbocycles. The third-order valence-electron chi connectivity index (χ3n) is 1.80. The first-order valence-corrected chi connectivity index (χ1v) is 3.86. The number of hydrogen-bond donors (Lipinski definition) is 1. The number of benzene rings is 1. The molecule has 1 nitrogen and oxygen atoms in total. The molecule has 0 radical (unpaired) electrons. The van der Waals surface area contributed by atoms with Crippen molar-refractivity contribution in [1.29, 1.82) is 0 Å². The topological polar surface area (TPSA) is 26.0 Å². The van der Waals surface area contributed by atoms with Crippen LogP contribution in [-0.2, 0) is 5.54 Å². The van der Waals surface area contributed by atoms with Crippen molar-refractivity contribution in [2.24, 2.45) is 5.73 Å². The van der Waals surface area contributed by atoms with Crippen LogP contribution in [0.5, 0.6) is 0 Å². The van der Waals surface area contributed by atoms with Crippen LogP contribution >= 0.6 is 0 Å². The molecule has 1 heteroatoms. The molecule has 2 N–H and O–H groups in total. The molecule has 0 spiro atoms. The zero-order valence-corrected chi connectivity index (χ0v) is 7.39. The first-order valence-electron chi connectivity index (χ1n) is 3.86. The lowest BCUT2D eigenvalue weighted by molar-refractivity contribution is 0.554. The van der Waals surface area contributed by atoms with Crippen LogP contribution in [0.15, 0.2) is 24.3 Å². The van der Waals surface area contributed by atoms with Crippen LogP contribution in [0, 0.1) is 6.92 Å². The maximum Gasteiger partial charge on any atom is 0.0352 e. The molecule has 0 heterocycles. The van der Waals surface area contributed by atoms with Crippen LogP contribution in [0.3, 0.4) is 0 Å². The Bertz CT molecular complexity index is 228. The summed E-state index contributed by atoms with van der Waals surface area (Å²) in [7, 11) is 0. The van der Waals surface area contributed by atoms with Crippen molar-refractivity contribution in [2.45, 2.75) is 26.3 Å². The second-order valence-electron chi connectivity index (χ2n) is 3.59. The fourth-order valence-electron chi connectivity index (χ4n) is 0.983. The maximum atomic E-state index is 5.91. The smallest absolute Gasteiger partial charge is 0.0352 e. The molecule has 0 aliphatic carbocycles. The van der Waals surface area contributed by atoms with Gasteiger partial charge in [-0.2, -0.15) is 0 Å². The Kier molecular flexibility index (Phi) is 2.01. The van der Waals surface area contributed by atoms with E-state index < -0.39 is 0 Å². The second kappa shape index (κ2) is 2.67. The highest BCUT2D eigenvalue weighted by Crippen LogP contribution is 2.16. The van der Waals surface area contributed by atoms with E-state index in [9.17, 15) is 0 Å². The van der Waals surface area contributed by atoms with Crippen LogP contribution < -0.4 is 5.73 Å². The van der Waals surface area contributed by atoms with Gasteiger partial charge in [-0.1, -0.05) is 29.8 Å². The molecule has 0 saturated carbocycles. The summed E-state index contributed by atoms with van der Waals surface area (Å²) in [6, 6.07) is 8.33.